The van der Waals surface area contributed by atoms with Crippen LogP contribution in [0.2, 0.25) is 0 Å². The first-order valence-electron chi connectivity index (χ1n) is 9.14. The first-order valence-corrected chi connectivity index (χ1v) is 9.14. The summed E-state index contributed by atoms with van der Waals surface area (Å²) in [7, 11) is 0. The molecule has 0 spiro atoms. The number of phenolic OH excluding ortho intramolecular Hbond substituents is 1. The van der Waals surface area contributed by atoms with Gasteiger partial charge in [0.25, 0.3) is 0 Å². The van der Waals surface area contributed by atoms with Crippen LogP contribution in [0.1, 0.15) is 64.4 Å². The zero-order chi connectivity index (χ0) is 18.5. The minimum Gasteiger partial charge on any atom is -0.508 e. The molecule has 0 aliphatic carbocycles. The van der Waals surface area contributed by atoms with E-state index in [1.807, 2.05) is 6.92 Å². The van der Waals surface area contributed by atoms with Crippen molar-refractivity contribution < 1.29 is 19.7 Å². The van der Waals surface area contributed by atoms with Crippen LogP contribution in [-0.2, 0) is 4.79 Å². The fourth-order valence-corrected chi connectivity index (χ4v) is 2.33. The number of unbranched alkanes of at least 4 members (excludes halogenated alkanes) is 4. The highest BCUT2D eigenvalue weighted by Gasteiger charge is 2.03. The summed E-state index contributed by atoms with van der Waals surface area (Å²) in [4.78, 5) is 11.8. The maximum Gasteiger partial charge on any atom is 0.161 e. The Kier molecular flexibility index (Phi) is 10.1. The van der Waals surface area contributed by atoms with E-state index in [9.17, 15) is 15.0 Å². The van der Waals surface area contributed by atoms with E-state index in [1.165, 1.54) is 25.0 Å². The molecule has 0 heterocycles. The Morgan fingerprint density at radius 1 is 1.12 bits per heavy atom. The summed E-state index contributed by atoms with van der Waals surface area (Å²) in [6.45, 7) is 4.67. The topological polar surface area (TPSA) is 66.8 Å². The first kappa shape index (κ1) is 20.8. The number of carbonyl (C=O) groups excluding carboxylic acids is 1. The molecule has 0 aliphatic heterocycles. The molecule has 4 nitrogen and oxygen atoms in total. The number of carbonyl (C=O) groups is 1. The van der Waals surface area contributed by atoms with Crippen molar-refractivity contribution in [2.75, 3.05) is 6.61 Å². The van der Waals surface area contributed by atoms with Gasteiger partial charge in [-0.25, -0.2) is 0 Å². The summed E-state index contributed by atoms with van der Waals surface area (Å²) in [6.07, 6.45) is 11.2. The van der Waals surface area contributed by atoms with Gasteiger partial charge < -0.3 is 14.9 Å². The van der Waals surface area contributed by atoms with E-state index in [0.29, 0.717) is 18.8 Å². The standard InChI is InChI=1S/C21H30O4/c1-3-5-6-7-8-9-18(22)16-19(23)12-10-17-11-13-20(24)21(15-17)25-14-4-2/h10-13,15-16,23-24H,3-9,14H2,1-2H3. The monoisotopic (exact) mass is 346 g/mol. The number of aromatic hydroxyl groups is 1. The minimum atomic E-state index is -0.0670. The van der Waals surface area contributed by atoms with Crippen LogP contribution < -0.4 is 4.74 Å². The first-order chi connectivity index (χ1) is 12.1. The Labute approximate surface area is 150 Å². The molecule has 25 heavy (non-hydrogen) atoms. The second-order valence-corrected chi connectivity index (χ2v) is 6.11. The maximum atomic E-state index is 11.8. The van der Waals surface area contributed by atoms with Gasteiger partial charge in [-0.3, -0.25) is 4.79 Å². The van der Waals surface area contributed by atoms with Crippen molar-refractivity contribution in [3.8, 4) is 11.5 Å². The molecule has 0 radical (unpaired) electrons. The van der Waals surface area contributed by atoms with E-state index in [1.54, 1.807) is 24.3 Å². The summed E-state index contributed by atoms with van der Waals surface area (Å²) in [6, 6.07) is 4.96. The molecular weight excluding hydrogens is 316 g/mol. The normalized spacial score (nSPS) is 11.8. The number of aliphatic hydroxyl groups excluding tert-OH is 1. The van der Waals surface area contributed by atoms with Gasteiger partial charge in [-0.05, 0) is 36.6 Å². The lowest BCUT2D eigenvalue weighted by atomic mass is 10.1. The molecule has 0 unspecified atom stereocenters. The summed E-state index contributed by atoms with van der Waals surface area (Å²) < 4.78 is 5.46. The van der Waals surface area contributed by atoms with Crippen molar-refractivity contribution in [1.82, 2.24) is 0 Å². The molecule has 0 amide bonds. The van der Waals surface area contributed by atoms with Gasteiger partial charge in [-0.2, -0.15) is 0 Å². The number of ether oxygens (including phenoxy) is 1. The third-order valence-corrected chi connectivity index (χ3v) is 3.73. The summed E-state index contributed by atoms with van der Waals surface area (Å²) in [5.41, 5.74) is 0.774. The Morgan fingerprint density at radius 3 is 2.60 bits per heavy atom. The molecule has 1 aromatic rings. The predicted molar refractivity (Wildman–Crippen MR) is 102 cm³/mol. The fourth-order valence-electron chi connectivity index (χ4n) is 2.33. The van der Waals surface area contributed by atoms with Gasteiger partial charge in [-0.15, -0.1) is 0 Å². The molecule has 0 aromatic heterocycles. The molecule has 0 bridgehead atoms. The molecule has 0 saturated carbocycles. The van der Waals surface area contributed by atoms with Gasteiger partial charge in [0.05, 0.1) is 6.61 Å². The van der Waals surface area contributed by atoms with E-state index < -0.39 is 0 Å². The Morgan fingerprint density at radius 2 is 1.88 bits per heavy atom. The average Bonchev–Trinajstić information content (AvgIpc) is 2.59. The van der Waals surface area contributed by atoms with Crippen LogP contribution in [0.3, 0.4) is 0 Å². The molecule has 0 atom stereocenters. The van der Waals surface area contributed by atoms with E-state index in [0.717, 1.165) is 31.2 Å². The highest BCUT2D eigenvalue weighted by molar-refractivity contribution is 5.90. The number of rotatable bonds is 12. The van der Waals surface area contributed by atoms with Crippen molar-refractivity contribution >= 4 is 11.9 Å². The van der Waals surface area contributed by atoms with E-state index in [-0.39, 0.29) is 17.3 Å². The van der Waals surface area contributed by atoms with Gasteiger partial charge in [0.15, 0.2) is 17.3 Å². The van der Waals surface area contributed by atoms with Crippen LogP contribution >= 0.6 is 0 Å². The number of ketones is 1. The summed E-state index contributed by atoms with van der Waals surface area (Å²) in [5, 5.41) is 19.6. The zero-order valence-electron chi connectivity index (χ0n) is 15.3. The van der Waals surface area contributed by atoms with Gasteiger partial charge in [-0.1, -0.05) is 51.7 Å². The number of hydrogen-bond donors (Lipinski definition) is 2. The lowest BCUT2D eigenvalue weighted by Crippen LogP contribution is -1.95. The van der Waals surface area contributed by atoms with Gasteiger partial charge in [0.1, 0.15) is 5.76 Å². The molecule has 0 saturated heterocycles. The minimum absolute atomic E-state index is 0.0590. The molecule has 138 valence electrons. The number of benzene rings is 1. The Balaban J connectivity index is 2.54. The van der Waals surface area contributed by atoms with Gasteiger partial charge >= 0.3 is 0 Å². The maximum absolute atomic E-state index is 11.8. The van der Waals surface area contributed by atoms with Crippen molar-refractivity contribution in [2.45, 2.75) is 58.8 Å². The summed E-state index contributed by atoms with van der Waals surface area (Å²) >= 11 is 0. The van der Waals surface area contributed by atoms with Crippen LogP contribution in [0.5, 0.6) is 11.5 Å². The largest absolute Gasteiger partial charge is 0.508 e. The quantitative estimate of drug-likeness (QED) is 0.225. The molecule has 1 rings (SSSR count). The second kappa shape index (κ2) is 12.2. The Hall–Kier alpha value is -2.23. The number of allylic oxidation sites excluding steroid dienone is 2. The van der Waals surface area contributed by atoms with Crippen molar-refractivity contribution in [2.24, 2.45) is 0 Å². The predicted octanol–water partition coefficient (Wildman–Crippen LogP) is 5.57. The average molecular weight is 346 g/mol. The van der Waals surface area contributed by atoms with Gasteiger partial charge in [0, 0.05) is 12.5 Å². The van der Waals surface area contributed by atoms with Crippen LogP contribution in [0.25, 0.3) is 6.08 Å². The molecular formula is C21H30O4. The highest BCUT2D eigenvalue weighted by Crippen LogP contribution is 2.27. The Bertz CT molecular complexity index is 588. The van der Waals surface area contributed by atoms with Crippen molar-refractivity contribution in [1.29, 1.82) is 0 Å². The van der Waals surface area contributed by atoms with Crippen LogP contribution in [0, 0.1) is 0 Å². The number of aliphatic hydroxyl groups is 1. The van der Waals surface area contributed by atoms with Crippen LogP contribution in [0.4, 0.5) is 0 Å². The SMILES string of the molecule is CCCCCCCC(=O)C=C(O)C=Cc1ccc(O)c(OCCC)c1. The smallest absolute Gasteiger partial charge is 0.161 e. The van der Waals surface area contributed by atoms with E-state index in [4.69, 9.17) is 4.74 Å². The highest BCUT2D eigenvalue weighted by atomic mass is 16.5. The lowest BCUT2D eigenvalue weighted by Gasteiger charge is -2.07. The fraction of sp³-hybridized carbons (Fsp3) is 0.476. The zero-order valence-corrected chi connectivity index (χ0v) is 15.3. The second-order valence-electron chi connectivity index (χ2n) is 6.11. The van der Waals surface area contributed by atoms with Crippen molar-refractivity contribution in [3.05, 3.63) is 41.7 Å². The van der Waals surface area contributed by atoms with E-state index >= 15 is 0 Å². The van der Waals surface area contributed by atoms with Crippen molar-refractivity contribution in [3.63, 3.8) is 0 Å². The number of hydrogen-bond acceptors (Lipinski definition) is 4. The van der Waals surface area contributed by atoms with Crippen LogP contribution in [-0.4, -0.2) is 22.6 Å². The van der Waals surface area contributed by atoms with Crippen LogP contribution in [0.15, 0.2) is 36.1 Å². The third kappa shape index (κ3) is 8.99. The van der Waals surface area contributed by atoms with E-state index in [2.05, 4.69) is 6.92 Å². The third-order valence-electron chi connectivity index (χ3n) is 3.73. The van der Waals surface area contributed by atoms with Gasteiger partial charge in [0.2, 0.25) is 0 Å². The number of phenols is 1. The molecule has 0 fully saturated rings. The molecule has 0 aliphatic rings. The molecule has 2 N–H and O–H groups in total. The molecule has 4 heteroatoms. The molecule has 1 aromatic carbocycles. The summed E-state index contributed by atoms with van der Waals surface area (Å²) in [5.74, 6) is 0.373. The lowest BCUT2D eigenvalue weighted by molar-refractivity contribution is -0.114.